The lowest BCUT2D eigenvalue weighted by atomic mass is 9.91. The molecule has 2 aliphatic heterocycles. The Morgan fingerprint density at radius 2 is 1.86 bits per heavy atom. The summed E-state index contributed by atoms with van der Waals surface area (Å²) in [6.07, 6.45) is 8.47. The van der Waals surface area contributed by atoms with Crippen molar-refractivity contribution in [3.63, 3.8) is 0 Å². The summed E-state index contributed by atoms with van der Waals surface area (Å²) in [6.45, 7) is 2.81. The van der Waals surface area contributed by atoms with Gasteiger partial charge in [0.2, 0.25) is 11.8 Å². The number of halogens is 1. The zero-order valence-corrected chi connectivity index (χ0v) is 24.4. The topological polar surface area (TPSA) is 82.7 Å². The Balaban J connectivity index is 0.00000380. The minimum Gasteiger partial charge on any atom is -0.497 e. The molecular formula is C27H43ClN4O3S2. The lowest BCUT2D eigenvalue weighted by molar-refractivity contribution is -0.129. The molecular weight excluding hydrogens is 528 g/mol. The van der Waals surface area contributed by atoms with E-state index in [-0.39, 0.29) is 36.3 Å². The number of amides is 2. The molecule has 0 spiro atoms. The molecule has 1 aliphatic carbocycles. The quantitative estimate of drug-likeness (QED) is 0.374. The monoisotopic (exact) mass is 570 g/mol. The van der Waals surface area contributed by atoms with E-state index >= 15 is 0 Å². The minimum absolute atomic E-state index is 0. The van der Waals surface area contributed by atoms with Crippen LogP contribution < -0.4 is 20.7 Å². The van der Waals surface area contributed by atoms with Crippen LogP contribution in [0, 0.1) is 5.92 Å². The summed E-state index contributed by atoms with van der Waals surface area (Å²) in [5, 5.41) is 9.56. The van der Waals surface area contributed by atoms with Crippen LogP contribution in [0.1, 0.15) is 50.5 Å². The van der Waals surface area contributed by atoms with Gasteiger partial charge in [-0.05, 0) is 55.1 Å². The van der Waals surface area contributed by atoms with Gasteiger partial charge in [-0.25, -0.2) is 0 Å². The third-order valence-corrected chi connectivity index (χ3v) is 9.74. The highest BCUT2D eigenvalue weighted by Gasteiger charge is 2.30. The van der Waals surface area contributed by atoms with E-state index in [2.05, 4.69) is 33.0 Å². The van der Waals surface area contributed by atoms with E-state index in [0.717, 1.165) is 61.5 Å². The number of hydrogen-bond donors (Lipinski definition) is 3. The van der Waals surface area contributed by atoms with Crippen LogP contribution >= 0.6 is 35.9 Å². The summed E-state index contributed by atoms with van der Waals surface area (Å²) < 4.78 is 5.25. The molecule has 2 saturated heterocycles. The normalized spacial score (nSPS) is 22.1. The number of hydrogen-bond acceptors (Lipinski definition) is 7. The standard InChI is InChI=1S/C27H42N4O3S2.ClH/c1-34-23-9-7-20(8-10-23)15-31-13-11-22(12-14-31)29-27(33)25(30-26(32)24-17-36-19-28-24)18-35-16-21-5-3-2-4-6-21;/h7-10,21-22,24-25,28H,2-6,11-19H2,1H3,(H,29,33)(H,30,32);1H/t24-,25-;/m0./s1. The summed E-state index contributed by atoms with van der Waals surface area (Å²) in [4.78, 5) is 28.5. The second kappa shape index (κ2) is 16.1. The van der Waals surface area contributed by atoms with E-state index in [4.69, 9.17) is 4.74 Å². The SMILES string of the molecule is COc1ccc(CN2CCC(NC(=O)[C@H](CSCC3CCCCC3)NC(=O)[C@@H]3CSCN3)CC2)cc1.Cl. The number of piperidine rings is 1. The van der Waals surface area contributed by atoms with Crippen molar-refractivity contribution in [2.24, 2.45) is 5.92 Å². The fraction of sp³-hybridized carbons (Fsp3) is 0.704. The Bertz CT molecular complexity index is 827. The molecule has 37 heavy (non-hydrogen) atoms. The molecule has 1 saturated carbocycles. The number of methoxy groups -OCH3 is 1. The summed E-state index contributed by atoms with van der Waals surface area (Å²) in [7, 11) is 1.68. The van der Waals surface area contributed by atoms with Crippen LogP contribution in [-0.2, 0) is 16.1 Å². The van der Waals surface area contributed by atoms with Gasteiger partial charge in [-0.1, -0.05) is 31.4 Å². The predicted octanol–water partition coefficient (Wildman–Crippen LogP) is 3.66. The third kappa shape index (κ3) is 9.84. The molecule has 0 radical (unpaired) electrons. The Labute approximate surface area is 236 Å². The van der Waals surface area contributed by atoms with Crippen molar-refractivity contribution in [3.8, 4) is 5.75 Å². The Morgan fingerprint density at radius 1 is 1.14 bits per heavy atom. The molecule has 3 N–H and O–H groups in total. The molecule has 1 aromatic rings. The molecule has 0 bridgehead atoms. The van der Waals surface area contributed by atoms with Gasteiger partial charge in [-0.3, -0.25) is 19.8 Å². The molecule has 2 heterocycles. The summed E-state index contributed by atoms with van der Waals surface area (Å²) in [6, 6.07) is 7.72. The van der Waals surface area contributed by atoms with E-state index in [0.29, 0.717) is 5.75 Å². The van der Waals surface area contributed by atoms with Crippen LogP contribution in [0.25, 0.3) is 0 Å². The van der Waals surface area contributed by atoms with E-state index in [1.54, 1.807) is 18.9 Å². The van der Waals surface area contributed by atoms with Gasteiger partial charge in [0.15, 0.2) is 0 Å². The largest absolute Gasteiger partial charge is 0.497 e. The molecule has 4 rings (SSSR count). The number of ether oxygens (including phenoxy) is 1. The van der Waals surface area contributed by atoms with Gasteiger partial charge in [-0.2, -0.15) is 11.8 Å². The van der Waals surface area contributed by atoms with Crippen LogP contribution in [-0.4, -0.2) is 78.2 Å². The van der Waals surface area contributed by atoms with Crippen LogP contribution in [0.5, 0.6) is 5.75 Å². The number of rotatable bonds is 11. The fourth-order valence-electron chi connectivity index (χ4n) is 5.25. The van der Waals surface area contributed by atoms with Gasteiger partial charge in [0.1, 0.15) is 11.8 Å². The highest BCUT2D eigenvalue weighted by atomic mass is 35.5. The highest BCUT2D eigenvalue weighted by molar-refractivity contribution is 7.99. The predicted molar refractivity (Wildman–Crippen MR) is 157 cm³/mol. The van der Waals surface area contributed by atoms with Crippen molar-refractivity contribution in [1.29, 1.82) is 0 Å². The Hall–Kier alpha value is -1.13. The van der Waals surface area contributed by atoms with Crippen molar-refractivity contribution in [2.75, 3.05) is 43.3 Å². The van der Waals surface area contributed by atoms with Crippen molar-refractivity contribution >= 4 is 47.7 Å². The van der Waals surface area contributed by atoms with Gasteiger partial charge in [0, 0.05) is 43.1 Å². The number of benzene rings is 1. The molecule has 3 aliphatic rings. The van der Waals surface area contributed by atoms with Crippen molar-refractivity contribution in [1.82, 2.24) is 20.9 Å². The smallest absolute Gasteiger partial charge is 0.243 e. The number of nitrogens with zero attached hydrogens (tertiary/aromatic N) is 1. The fourth-order valence-corrected chi connectivity index (χ4v) is 7.47. The maximum absolute atomic E-state index is 13.3. The number of carbonyl (C=O) groups excluding carboxylic acids is 2. The molecule has 7 nitrogen and oxygen atoms in total. The molecule has 2 amide bonds. The first-order valence-electron chi connectivity index (χ1n) is 13.5. The van der Waals surface area contributed by atoms with E-state index in [1.807, 2.05) is 23.9 Å². The van der Waals surface area contributed by atoms with E-state index < -0.39 is 6.04 Å². The first-order valence-corrected chi connectivity index (χ1v) is 15.8. The maximum atomic E-state index is 13.3. The number of thioether (sulfide) groups is 2. The summed E-state index contributed by atoms with van der Waals surface area (Å²) in [5.74, 6) is 4.84. The van der Waals surface area contributed by atoms with Crippen molar-refractivity contribution < 1.29 is 14.3 Å². The zero-order chi connectivity index (χ0) is 25.2. The third-order valence-electron chi connectivity index (χ3n) is 7.53. The second-order valence-electron chi connectivity index (χ2n) is 10.3. The van der Waals surface area contributed by atoms with E-state index in [1.165, 1.54) is 37.7 Å². The van der Waals surface area contributed by atoms with Crippen LogP contribution in [0.3, 0.4) is 0 Å². The minimum atomic E-state index is -0.476. The van der Waals surface area contributed by atoms with Crippen molar-refractivity contribution in [2.45, 2.75) is 69.6 Å². The average Bonchev–Trinajstić information content (AvgIpc) is 3.46. The van der Waals surface area contributed by atoms with Crippen LogP contribution in [0.2, 0.25) is 0 Å². The lowest BCUT2D eigenvalue weighted by Crippen LogP contribution is -2.55. The van der Waals surface area contributed by atoms with Gasteiger partial charge in [0.05, 0.1) is 13.2 Å². The first kappa shape index (κ1) is 30.4. The van der Waals surface area contributed by atoms with Gasteiger partial charge < -0.3 is 15.4 Å². The number of carbonyl (C=O) groups is 2. The number of nitrogens with one attached hydrogen (secondary N) is 3. The van der Waals surface area contributed by atoms with Gasteiger partial charge in [0.25, 0.3) is 0 Å². The zero-order valence-electron chi connectivity index (χ0n) is 21.9. The highest BCUT2D eigenvalue weighted by Crippen LogP contribution is 2.27. The van der Waals surface area contributed by atoms with Crippen LogP contribution in [0.15, 0.2) is 24.3 Å². The first-order chi connectivity index (χ1) is 17.6. The van der Waals surface area contributed by atoms with Gasteiger partial charge >= 0.3 is 0 Å². The van der Waals surface area contributed by atoms with Gasteiger partial charge in [-0.15, -0.1) is 24.2 Å². The summed E-state index contributed by atoms with van der Waals surface area (Å²) >= 11 is 3.55. The van der Waals surface area contributed by atoms with Crippen LogP contribution in [0.4, 0.5) is 0 Å². The molecule has 1 aromatic carbocycles. The average molecular weight is 571 g/mol. The second-order valence-corrected chi connectivity index (χ2v) is 12.4. The summed E-state index contributed by atoms with van der Waals surface area (Å²) in [5.41, 5.74) is 1.27. The molecule has 0 aromatic heterocycles. The molecule has 10 heteroatoms. The lowest BCUT2D eigenvalue weighted by Gasteiger charge is -2.33. The van der Waals surface area contributed by atoms with Crippen molar-refractivity contribution in [3.05, 3.63) is 29.8 Å². The number of likely N-dealkylation sites (tertiary alicyclic amines) is 1. The molecule has 0 unspecified atom stereocenters. The molecule has 3 fully saturated rings. The Morgan fingerprint density at radius 3 is 2.51 bits per heavy atom. The van der Waals surface area contributed by atoms with E-state index in [9.17, 15) is 9.59 Å². The molecule has 2 atom stereocenters. The Kier molecular flexibility index (Phi) is 13.2. The maximum Gasteiger partial charge on any atom is 0.243 e. The molecule has 208 valence electrons.